The monoisotopic (exact) mass is 756 g/mol. The molecule has 5 nitrogen and oxygen atoms in total. The molecule has 5 aromatic carbocycles. The van der Waals surface area contributed by atoms with Crippen LogP contribution in [0.4, 0.5) is 11.4 Å². The average molecular weight is 757 g/mol. The van der Waals surface area contributed by atoms with Crippen molar-refractivity contribution in [2.45, 2.75) is 75.6 Å². The molecule has 3 aliphatic rings. The minimum Gasteiger partial charge on any atom is -0.744 e. The van der Waals surface area contributed by atoms with Crippen LogP contribution in [0.15, 0.2) is 148 Å². The van der Waals surface area contributed by atoms with E-state index in [-0.39, 0.29) is 15.7 Å². The first-order chi connectivity index (χ1) is 25.6. The third-order valence-corrected chi connectivity index (χ3v) is 13.2. The quantitative estimate of drug-likeness (QED) is 0.186. The van der Waals surface area contributed by atoms with E-state index in [1.807, 2.05) is 6.92 Å². The van der Waals surface area contributed by atoms with Gasteiger partial charge in [0.15, 0.2) is 0 Å². The van der Waals surface area contributed by atoms with E-state index in [0.717, 1.165) is 29.9 Å². The van der Waals surface area contributed by atoms with E-state index in [9.17, 15) is 13.0 Å². The van der Waals surface area contributed by atoms with Crippen molar-refractivity contribution in [3.63, 3.8) is 0 Å². The zero-order valence-electron chi connectivity index (χ0n) is 32.2. The molecule has 8 rings (SSSR count). The maximum absolute atomic E-state index is 10.4. The summed E-state index contributed by atoms with van der Waals surface area (Å²) < 4.78 is 31.2. The summed E-state index contributed by atoms with van der Waals surface area (Å²) in [6, 6.07) is 32.8. The first-order valence-corrected chi connectivity index (χ1v) is 20.5. The third-order valence-electron chi connectivity index (χ3n) is 11.8. The fourth-order valence-corrected chi connectivity index (χ4v) is 9.83. The standard InChI is InChI=1S/C40H41ClN2.C7H8O3S/c1-39(2)34(42(5)32-22-18-26-12-7-9-16-30(26)36(32)39)24-20-28-14-11-15-29(38(28)41)21-25-35-40(3,4)37-31-17-10-8-13-27(31)19-23-33(37)43(35)6;1-6-2-4-7(5-3-6)11(8,9)10/h7-10,12-13,16-25,34H,11,14-15H2,1-6H3;2-5H,1H3,(H,8,9,10)/b24-20+,29-21+,35-25-;. The van der Waals surface area contributed by atoms with Gasteiger partial charge < -0.3 is 9.45 Å². The average Bonchev–Trinajstić information content (AvgIpc) is 3.47. The van der Waals surface area contributed by atoms with Gasteiger partial charge in [-0.15, -0.1) is 0 Å². The van der Waals surface area contributed by atoms with Gasteiger partial charge in [-0.3, -0.25) is 4.90 Å². The second-order valence-corrected chi connectivity index (χ2v) is 17.8. The Morgan fingerprint density at radius 1 is 0.815 bits per heavy atom. The molecule has 7 heteroatoms. The second-order valence-electron chi connectivity index (χ2n) is 16.0. The summed E-state index contributed by atoms with van der Waals surface area (Å²) in [5.41, 5.74) is 10.2. The maximum Gasteiger partial charge on any atom is 0.136 e. The Morgan fingerprint density at radius 3 is 2.07 bits per heavy atom. The topological polar surface area (TPSA) is 64.9 Å². The minimum absolute atomic E-state index is 0.0133. The molecule has 0 saturated carbocycles. The molecule has 5 aromatic rings. The normalized spacial score (nSPS) is 21.9. The lowest BCUT2D eigenvalue weighted by Gasteiger charge is -2.26. The number of aryl methyl sites for hydroxylation is 1. The van der Waals surface area contributed by atoms with Gasteiger partial charge in [0.05, 0.1) is 17.4 Å². The number of anilines is 1. The Hall–Kier alpha value is -4.46. The molecule has 1 aliphatic carbocycles. The van der Waals surface area contributed by atoms with Gasteiger partial charge in [0.1, 0.15) is 21.8 Å². The van der Waals surface area contributed by atoms with E-state index in [1.165, 1.54) is 77.9 Å². The van der Waals surface area contributed by atoms with E-state index < -0.39 is 10.1 Å². The summed E-state index contributed by atoms with van der Waals surface area (Å²) in [6.07, 6.45) is 12.5. The van der Waals surface area contributed by atoms with Gasteiger partial charge in [0.2, 0.25) is 0 Å². The van der Waals surface area contributed by atoms with Gasteiger partial charge in [-0.2, -0.15) is 0 Å². The summed E-state index contributed by atoms with van der Waals surface area (Å²) in [6.45, 7) is 11.3. The van der Waals surface area contributed by atoms with Crippen LogP contribution in [0.1, 0.15) is 63.6 Å². The number of likely N-dealkylation sites (N-methyl/N-ethyl adjacent to an activating group) is 2. The van der Waals surface area contributed by atoms with Gasteiger partial charge in [0.25, 0.3) is 0 Å². The highest BCUT2D eigenvalue weighted by atomic mass is 35.5. The molecule has 0 amide bonds. The SMILES string of the molecule is CN1/C(=C\C=C2/CCCC(/C=C/C3[NH+](C)c4ccc5ccccc5c4C3(C)C)=C2Cl)C(C)(C)c2c1ccc1ccccc21.Cc1ccc(S(=O)(=O)[O-])cc1. The number of benzene rings is 5. The Balaban J connectivity index is 0.000000353. The fourth-order valence-electron chi connectivity index (χ4n) is 9.04. The number of nitrogens with zero attached hydrogens (tertiary/aromatic N) is 1. The van der Waals surface area contributed by atoms with Gasteiger partial charge in [-0.05, 0) is 121 Å². The van der Waals surface area contributed by atoms with Gasteiger partial charge >= 0.3 is 0 Å². The Morgan fingerprint density at radius 2 is 1.43 bits per heavy atom. The van der Waals surface area contributed by atoms with Crippen molar-refractivity contribution in [3.8, 4) is 0 Å². The lowest BCUT2D eigenvalue weighted by Crippen LogP contribution is -3.07. The van der Waals surface area contributed by atoms with Gasteiger partial charge in [0, 0.05) is 34.4 Å². The molecule has 0 radical (unpaired) electrons. The van der Waals surface area contributed by atoms with E-state index in [2.05, 4.69) is 144 Å². The molecular formula is C47H49ClN2O3S. The first-order valence-electron chi connectivity index (χ1n) is 18.7. The molecule has 54 heavy (non-hydrogen) atoms. The van der Waals surface area contributed by atoms with Crippen LogP contribution in [-0.4, -0.2) is 33.1 Å². The van der Waals surface area contributed by atoms with Crippen molar-refractivity contribution in [3.05, 3.63) is 160 Å². The van der Waals surface area contributed by atoms with Crippen LogP contribution >= 0.6 is 11.6 Å². The van der Waals surface area contributed by atoms with Crippen LogP contribution in [0, 0.1) is 6.92 Å². The number of hydrogen-bond acceptors (Lipinski definition) is 4. The van der Waals surface area contributed by atoms with Crippen molar-refractivity contribution in [1.29, 1.82) is 0 Å². The number of halogens is 1. The van der Waals surface area contributed by atoms with Gasteiger partial charge in [-0.25, -0.2) is 8.42 Å². The predicted octanol–water partition coefficient (Wildman–Crippen LogP) is 10.2. The molecule has 0 spiro atoms. The van der Waals surface area contributed by atoms with Crippen molar-refractivity contribution < 1.29 is 17.9 Å². The Labute approximate surface area is 325 Å². The molecule has 0 aromatic heterocycles. The molecule has 2 aliphatic heterocycles. The predicted molar refractivity (Wildman–Crippen MR) is 224 cm³/mol. The smallest absolute Gasteiger partial charge is 0.136 e. The highest BCUT2D eigenvalue weighted by molar-refractivity contribution is 7.85. The minimum atomic E-state index is -4.27. The van der Waals surface area contributed by atoms with E-state index >= 15 is 0 Å². The molecule has 2 unspecified atom stereocenters. The fraction of sp³-hybridized carbons (Fsp3) is 0.277. The molecular weight excluding hydrogens is 708 g/mol. The third kappa shape index (κ3) is 6.75. The van der Waals surface area contributed by atoms with Crippen LogP contribution < -0.4 is 9.80 Å². The van der Waals surface area contributed by atoms with Crippen LogP contribution in [0.3, 0.4) is 0 Å². The zero-order chi connectivity index (χ0) is 38.6. The van der Waals surface area contributed by atoms with Crippen LogP contribution in [0.5, 0.6) is 0 Å². The number of fused-ring (bicyclic) bond motifs is 6. The van der Waals surface area contributed by atoms with Crippen LogP contribution in [-0.2, 0) is 20.9 Å². The number of nitrogens with one attached hydrogen (secondary N) is 1. The summed E-state index contributed by atoms with van der Waals surface area (Å²) in [5.74, 6) is 0. The van der Waals surface area contributed by atoms with Gasteiger partial charge in [-0.1, -0.05) is 110 Å². The first kappa shape index (κ1) is 37.8. The summed E-state index contributed by atoms with van der Waals surface area (Å²) in [4.78, 5) is 3.64. The Bertz CT molecular complexity index is 2510. The van der Waals surface area contributed by atoms with Crippen molar-refractivity contribution >= 4 is 54.6 Å². The molecule has 2 heterocycles. The van der Waals surface area contributed by atoms with E-state index in [1.54, 1.807) is 12.1 Å². The summed E-state index contributed by atoms with van der Waals surface area (Å²) in [7, 11) is 0.240. The van der Waals surface area contributed by atoms with E-state index in [0.29, 0.717) is 6.04 Å². The summed E-state index contributed by atoms with van der Waals surface area (Å²) >= 11 is 7.18. The lowest BCUT2D eigenvalue weighted by molar-refractivity contribution is -0.828. The number of hydrogen-bond donors (Lipinski definition) is 1. The molecule has 0 saturated heterocycles. The molecule has 0 bridgehead atoms. The largest absolute Gasteiger partial charge is 0.744 e. The molecule has 1 N–H and O–H groups in total. The second kappa shape index (κ2) is 14.3. The number of allylic oxidation sites excluding steroid dienone is 7. The lowest BCUT2D eigenvalue weighted by atomic mass is 9.78. The number of rotatable bonds is 4. The summed E-state index contributed by atoms with van der Waals surface area (Å²) in [5, 5.41) is 6.26. The molecule has 0 fully saturated rings. The highest BCUT2D eigenvalue weighted by Crippen LogP contribution is 2.50. The van der Waals surface area contributed by atoms with Crippen LogP contribution in [0.25, 0.3) is 21.5 Å². The van der Waals surface area contributed by atoms with E-state index in [4.69, 9.17) is 11.6 Å². The maximum atomic E-state index is 10.4. The van der Waals surface area contributed by atoms with Crippen molar-refractivity contribution in [1.82, 2.24) is 0 Å². The van der Waals surface area contributed by atoms with Crippen molar-refractivity contribution in [2.75, 3.05) is 19.0 Å². The number of quaternary nitrogens is 1. The van der Waals surface area contributed by atoms with Crippen LogP contribution in [0.2, 0.25) is 0 Å². The Kier molecular flexibility index (Phi) is 10.0. The van der Waals surface area contributed by atoms with Crippen molar-refractivity contribution in [2.24, 2.45) is 0 Å². The highest BCUT2D eigenvalue weighted by Gasteiger charge is 2.47. The molecule has 278 valence electrons. The zero-order valence-corrected chi connectivity index (χ0v) is 33.8. The molecule has 2 atom stereocenters.